The molecule has 8 heteroatoms. The number of nitrogens with zero attached hydrogens (tertiary/aromatic N) is 2. The Hall–Kier alpha value is -2.05. The summed E-state index contributed by atoms with van der Waals surface area (Å²) in [5, 5.41) is 4.98. The second-order valence-electron chi connectivity index (χ2n) is 5.11. The molecule has 0 bridgehead atoms. The molecule has 0 saturated carbocycles. The molecule has 0 aliphatic carbocycles. The lowest BCUT2D eigenvalue weighted by Crippen LogP contribution is -2.44. The van der Waals surface area contributed by atoms with Crippen LogP contribution in [0.2, 0.25) is 10.0 Å². The van der Waals surface area contributed by atoms with Gasteiger partial charge in [-0.05, 0) is 37.6 Å². The zero-order valence-electron chi connectivity index (χ0n) is 12.7. The topological polar surface area (TPSA) is 76.0 Å². The maximum absolute atomic E-state index is 11.8. The van der Waals surface area contributed by atoms with E-state index in [1.54, 1.807) is 22.9 Å². The van der Waals surface area contributed by atoms with Gasteiger partial charge in [0.1, 0.15) is 6.54 Å². The Kier molecular flexibility index (Phi) is 5.63. The Morgan fingerprint density at radius 1 is 1.09 bits per heavy atom. The first kappa shape index (κ1) is 17.3. The predicted octanol–water partition coefficient (Wildman–Crippen LogP) is 2.20. The van der Waals surface area contributed by atoms with Gasteiger partial charge in [-0.1, -0.05) is 29.3 Å². The van der Waals surface area contributed by atoms with Crippen molar-refractivity contribution in [2.75, 3.05) is 0 Å². The first-order valence-electron chi connectivity index (χ1n) is 6.88. The number of rotatable bonds is 4. The minimum Gasteiger partial charge on any atom is -0.273 e. The van der Waals surface area contributed by atoms with Crippen molar-refractivity contribution < 1.29 is 9.59 Å². The van der Waals surface area contributed by atoms with Gasteiger partial charge >= 0.3 is 0 Å². The van der Waals surface area contributed by atoms with Crippen molar-refractivity contribution in [1.82, 2.24) is 20.6 Å². The standard InChI is InChI=1S/C15H16Cl2N4O2/c1-9-5-10(2)21(20-9)8-15(23)19-18-14(22)7-11-3-4-12(16)13(17)6-11/h3-6H,7-8H2,1-2H3,(H,18,22)(H,19,23). The minimum absolute atomic E-state index is 0.0345. The molecule has 2 amide bonds. The molecular weight excluding hydrogens is 339 g/mol. The number of hydrazine groups is 1. The Balaban J connectivity index is 1.82. The molecule has 2 aromatic rings. The Morgan fingerprint density at radius 3 is 2.39 bits per heavy atom. The summed E-state index contributed by atoms with van der Waals surface area (Å²) in [5.41, 5.74) is 7.12. The van der Waals surface area contributed by atoms with E-state index in [-0.39, 0.29) is 24.8 Å². The van der Waals surface area contributed by atoms with Crippen LogP contribution >= 0.6 is 23.2 Å². The number of benzene rings is 1. The molecule has 0 aliphatic rings. The average molecular weight is 355 g/mol. The first-order valence-corrected chi connectivity index (χ1v) is 7.63. The van der Waals surface area contributed by atoms with E-state index in [1.165, 1.54) is 0 Å². The first-order chi connectivity index (χ1) is 10.8. The molecule has 0 atom stereocenters. The highest BCUT2D eigenvalue weighted by Gasteiger charge is 2.09. The SMILES string of the molecule is Cc1cc(C)n(CC(=O)NNC(=O)Cc2ccc(Cl)c(Cl)c2)n1. The fourth-order valence-electron chi connectivity index (χ4n) is 2.03. The van der Waals surface area contributed by atoms with Gasteiger partial charge < -0.3 is 0 Å². The molecule has 0 spiro atoms. The van der Waals surface area contributed by atoms with Gasteiger partial charge in [-0.2, -0.15) is 5.10 Å². The molecule has 122 valence electrons. The van der Waals surface area contributed by atoms with Gasteiger partial charge in [0.15, 0.2) is 0 Å². The molecular formula is C15H16Cl2N4O2. The molecule has 0 fully saturated rings. The van der Waals surface area contributed by atoms with Crippen LogP contribution in [0.15, 0.2) is 24.3 Å². The summed E-state index contributed by atoms with van der Waals surface area (Å²) in [6.07, 6.45) is 0.0804. The van der Waals surface area contributed by atoms with Gasteiger partial charge in [0, 0.05) is 5.69 Å². The lowest BCUT2D eigenvalue weighted by Gasteiger charge is -2.09. The van der Waals surface area contributed by atoms with E-state index in [0.717, 1.165) is 11.4 Å². The van der Waals surface area contributed by atoms with Crippen LogP contribution in [-0.2, 0) is 22.6 Å². The Morgan fingerprint density at radius 2 is 1.78 bits per heavy atom. The minimum atomic E-state index is -0.362. The van der Waals surface area contributed by atoms with Gasteiger partial charge in [-0.25, -0.2) is 0 Å². The molecule has 6 nitrogen and oxygen atoms in total. The number of aromatic nitrogens is 2. The fourth-order valence-corrected chi connectivity index (χ4v) is 2.35. The van der Waals surface area contributed by atoms with Crippen LogP contribution in [0.3, 0.4) is 0 Å². The summed E-state index contributed by atoms with van der Waals surface area (Å²) in [5.74, 6) is -0.719. The fraction of sp³-hybridized carbons (Fsp3) is 0.267. The third-order valence-corrected chi connectivity index (χ3v) is 3.83. The van der Waals surface area contributed by atoms with E-state index in [2.05, 4.69) is 16.0 Å². The van der Waals surface area contributed by atoms with E-state index in [4.69, 9.17) is 23.2 Å². The smallest absolute Gasteiger partial charge is 0.260 e. The highest BCUT2D eigenvalue weighted by atomic mass is 35.5. The number of amides is 2. The van der Waals surface area contributed by atoms with Crippen molar-refractivity contribution in [1.29, 1.82) is 0 Å². The van der Waals surface area contributed by atoms with Crippen LogP contribution in [0, 0.1) is 13.8 Å². The maximum Gasteiger partial charge on any atom is 0.260 e. The molecule has 0 radical (unpaired) electrons. The summed E-state index contributed by atoms with van der Waals surface area (Å²) < 4.78 is 1.57. The molecule has 1 aromatic carbocycles. The zero-order valence-corrected chi connectivity index (χ0v) is 14.2. The maximum atomic E-state index is 11.8. The van der Waals surface area contributed by atoms with Crippen molar-refractivity contribution in [3.63, 3.8) is 0 Å². The largest absolute Gasteiger partial charge is 0.273 e. The van der Waals surface area contributed by atoms with E-state index >= 15 is 0 Å². The van der Waals surface area contributed by atoms with Crippen molar-refractivity contribution in [3.8, 4) is 0 Å². The molecule has 0 aliphatic heterocycles. The summed E-state index contributed by atoms with van der Waals surface area (Å²) >= 11 is 11.7. The van der Waals surface area contributed by atoms with E-state index in [9.17, 15) is 9.59 Å². The normalized spacial score (nSPS) is 10.4. The average Bonchev–Trinajstić information content (AvgIpc) is 2.79. The highest BCUT2D eigenvalue weighted by molar-refractivity contribution is 6.42. The number of aryl methyl sites for hydroxylation is 2. The Bertz CT molecular complexity index is 743. The van der Waals surface area contributed by atoms with Gasteiger partial charge in [0.25, 0.3) is 5.91 Å². The predicted molar refractivity (Wildman–Crippen MR) is 88.2 cm³/mol. The highest BCUT2D eigenvalue weighted by Crippen LogP contribution is 2.22. The van der Waals surface area contributed by atoms with E-state index < -0.39 is 0 Å². The Labute approximate surface area is 143 Å². The third kappa shape index (κ3) is 4.97. The number of carbonyl (C=O) groups excluding carboxylic acids is 2. The summed E-state index contributed by atoms with van der Waals surface area (Å²) in [6.45, 7) is 3.74. The quantitative estimate of drug-likeness (QED) is 0.826. The number of nitrogens with one attached hydrogen (secondary N) is 2. The summed E-state index contributed by atoms with van der Waals surface area (Å²) in [4.78, 5) is 23.6. The van der Waals surface area contributed by atoms with Gasteiger partial charge in [0.05, 0.1) is 22.2 Å². The number of hydrogen-bond acceptors (Lipinski definition) is 3. The second kappa shape index (κ2) is 7.48. The van der Waals surface area contributed by atoms with Crippen LogP contribution in [0.25, 0.3) is 0 Å². The molecule has 2 N–H and O–H groups in total. The molecule has 0 saturated heterocycles. The van der Waals surface area contributed by atoms with Crippen molar-refractivity contribution >= 4 is 35.0 Å². The van der Waals surface area contributed by atoms with Gasteiger partial charge in [0.2, 0.25) is 5.91 Å². The number of halogens is 2. The molecule has 23 heavy (non-hydrogen) atoms. The van der Waals surface area contributed by atoms with Gasteiger partial charge in [-0.15, -0.1) is 0 Å². The monoisotopic (exact) mass is 354 g/mol. The van der Waals surface area contributed by atoms with Crippen LogP contribution in [-0.4, -0.2) is 21.6 Å². The lowest BCUT2D eigenvalue weighted by molar-refractivity contribution is -0.129. The third-order valence-electron chi connectivity index (χ3n) is 3.09. The van der Waals surface area contributed by atoms with Crippen LogP contribution in [0.1, 0.15) is 17.0 Å². The van der Waals surface area contributed by atoms with Crippen molar-refractivity contribution in [2.24, 2.45) is 0 Å². The van der Waals surface area contributed by atoms with Crippen molar-refractivity contribution in [3.05, 3.63) is 51.3 Å². The number of hydrogen-bond donors (Lipinski definition) is 2. The van der Waals surface area contributed by atoms with Crippen molar-refractivity contribution in [2.45, 2.75) is 26.8 Å². The summed E-state index contributed by atoms with van der Waals surface area (Å²) in [6, 6.07) is 6.80. The zero-order chi connectivity index (χ0) is 17.0. The molecule has 1 heterocycles. The molecule has 1 aromatic heterocycles. The van der Waals surface area contributed by atoms with E-state index in [0.29, 0.717) is 15.6 Å². The summed E-state index contributed by atoms with van der Waals surface area (Å²) in [7, 11) is 0. The van der Waals surface area contributed by atoms with Crippen LogP contribution in [0.5, 0.6) is 0 Å². The van der Waals surface area contributed by atoms with E-state index in [1.807, 2.05) is 19.9 Å². The lowest BCUT2D eigenvalue weighted by atomic mass is 10.1. The second-order valence-corrected chi connectivity index (χ2v) is 5.92. The van der Waals surface area contributed by atoms with Crippen LogP contribution < -0.4 is 10.9 Å². The number of carbonyl (C=O) groups is 2. The molecule has 2 rings (SSSR count). The molecule has 0 unspecified atom stereocenters. The van der Waals surface area contributed by atoms with Crippen LogP contribution in [0.4, 0.5) is 0 Å². The van der Waals surface area contributed by atoms with Gasteiger partial charge in [-0.3, -0.25) is 25.1 Å².